The SMILES string of the molecule is C[Si](C)(C)C#CC(=C=C1CCCC[C@H]1O)[Si](C)(C)C. The quantitative estimate of drug-likeness (QED) is 0.438. The van der Waals surface area contributed by atoms with Crippen LogP contribution in [0.15, 0.2) is 16.5 Å². The van der Waals surface area contributed by atoms with E-state index >= 15 is 0 Å². The van der Waals surface area contributed by atoms with Gasteiger partial charge in [-0.25, -0.2) is 0 Å². The zero-order valence-electron chi connectivity index (χ0n) is 13.4. The summed E-state index contributed by atoms with van der Waals surface area (Å²) in [7, 11) is -2.83. The average molecular weight is 293 g/mol. The number of hydrogen-bond acceptors (Lipinski definition) is 1. The minimum Gasteiger partial charge on any atom is -0.388 e. The predicted octanol–water partition coefficient (Wildman–Crippen LogP) is 4.13. The van der Waals surface area contributed by atoms with Gasteiger partial charge in [-0.05, 0) is 19.3 Å². The molecule has 1 nitrogen and oxygen atoms in total. The lowest BCUT2D eigenvalue weighted by Crippen LogP contribution is -2.24. The molecule has 0 saturated heterocycles. The molecule has 1 rings (SSSR count). The molecule has 1 aliphatic rings. The molecule has 0 aromatic rings. The van der Waals surface area contributed by atoms with E-state index in [9.17, 15) is 5.11 Å². The van der Waals surface area contributed by atoms with E-state index in [1.807, 2.05) is 0 Å². The summed E-state index contributed by atoms with van der Waals surface area (Å²) in [6, 6.07) is 0. The number of aliphatic hydroxyl groups excluding tert-OH is 1. The van der Waals surface area contributed by atoms with E-state index < -0.39 is 16.1 Å². The van der Waals surface area contributed by atoms with Gasteiger partial charge in [0.1, 0.15) is 8.07 Å². The van der Waals surface area contributed by atoms with Crippen LogP contribution in [0.25, 0.3) is 0 Å². The Morgan fingerprint density at radius 1 is 1.11 bits per heavy atom. The second-order valence-electron chi connectivity index (χ2n) is 7.54. The van der Waals surface area contributed by atoms with Crippen LogP contribution >= 0.6 is 0 Å². The van der Waals surface area contributed by atoms with E-state index in [0.717, 1.165) is 24.8 Å². The van der Waals surface area contributed by atoms with Crippen LogP contribution < -0.4 is 0 Å². The molecule has 0 radical (unpaired) electrons. The highest BCUT2D eigenvalue weighted by Gasteiger charge is 2.21. The van der Waals surface area contributed by atoms with E-state index in [1.165, 1.54) is 11.6 Å². The van der Waals surface area contributed by atoms with Crippen LogP contribution in [0.4, 0.5) is 0 Å². The van der Waals surface area contributed by atoms with Crippen molar-refractivity contribution in [1.82, 2.24) is 0 Å². The summed E-state index contributed by atoms with van der Waals surface area (Å²) in [5.74, 6) is 3.41. The topological polar surface area (TPSA) is 20.2 Å². The molecule has 1 N–H and O–H groups in total. The molecule has 3 heteroatoms. The van der Waals surface area contributed by atoms with E-state index in [0.29, 0.717) is 0 Å². The second kappa shape index (κ2) is 6.28. The Morgan fingerprint density at radius 3 is 2.21 bits per heavy atom. The Morgan fingerprint density at radius 2 is 1.74 bits per heavy atom. The standard InChI is InChI=1S/C16H28OSi2/c1-18(2,3)12-11-15(19(4,5)6)13-14-9-7-8-10-16(14)17/h16-17H,7-10H2,1-6H3/t13?,16-/m1/s1. The highest BCUT2D eigenvalue weighted by molar-refractivity contribution is 6.86. The van der Waals surface area contributed by atoms with Crippen molar-refractivity contribution in [3.05, 3.63) is 16.5 Å². The molecule has 0 spiro atoms. The zero-order valence-corrected chi connectivity index (χ0v) is 15.4. The van der Waals surface area contributed by atoms with Crippen molar-refractivity contribution in [2.24, 2.45) is 0 Å². The summed E-state index contributed by atoms with van der Waals surface area (Å²) in [5, 5.41) is 11.3. The van der Waals surface area contributed by atoms with Crippen molar-refractivity contribution in [3.8, 4) is 11.5 Å². The van der Waals surface area contributed by atoms with Gasteiger partial charge < -0.3 is 5.11 Å². The first-order valence-corrected chi connectivity index (χ1v) is 14.3. The number of hydrogen-bond donors (Lipinski definition) is 1. The molecular weight excluding hydrogens is 264 g/mol. The van der Waals surface area contributed by atoms with Crippen molar-refractivity contribution < 1.29 is 5.11 Å². The normalized spacial score (nSPS) is 20.4. The van der Waals surface area contributed by atoms with Crippen molar-refractivity contribution in [3.63, 3.8) is 0 Å². The average Bonchev–Trinajstić information content (AvgIpc) is 2.23. The lowest BCUT2D eigenvalue weighted by Gasteiger charge is -2.20. The molecule has 106 valence electrons. The maximum Gasteiger partial charge on any atom is 0.129 e. The fraction of sp³-hybridized carbons (Fsp3) is 0.688. The second-order valence-corrected chi connectivity index (χ2v) is 17.3. The van der Waals surface area contributed by atoms with Gasteiger partial charge in [0.15, 0.2) is 0 Å². The predicted molar refractivity (Wildman–Crippen MR) is 89.5 cm³/mol. The maximum atomic E-state index is 10.1. The molecule has 0 aromatic carbocycles. The zero-order chi connectivity index (χ0) is 14.7. The van der Waals surface area contributed by atoms with Gasteiger partial charge in [-0.15, -0.1) is 11.3 Å². The molecule has 0 unspecified atom stereocenters. The Bertz CT molecular complexity index is 446. The minimum absolute atomic E-state index is 0.284. The molecule has 0 amide bonds. The van der Waals surface area contributed by atoms with Crippen molar-refractivity contribution in [2.75, 3.05) is 0 Å². The Labute approximate surface area is 120 Å². The fourth-order valence-corrected chi connectivity index (χ4v) is 3.55. The van der Waals surface area contributed by atoms with Crippen molar-refractivity contribution >= 4 is 16.1 Å². The molecule has 19 heavy (non-hydrogen) atoms. The van der Waals surface area contributed by atoms with Crippen LogP contribution in [-0.4, -0.2) is 27.4 Å². The third-order valence-electron chi connectivity index (χ3n) is 3.17. The first-order valence-electron chi connectivity index (χ1n) is 7.31. The third-order valence-corrected chi connectivity index (χ3v) is 5.80. The highest BCUT2D eigenvalue weighted by Crippen LogP contribution is 2.24. The summed E-state index contributed by atoms with van der Waals surface area (Å²) in [6.45, 7) is 13.7. The molecule has 1 saturated carbocycles. The van der Waals surface area contributed by atoms with Crippen LogP contribution in [0, 0.1) is 11.5 Å². The number of aliphatic hydroxyl groups is 1. The molecule has 0 bridgehead atoms. The van der Waals surface area contributed by atoms with Gasteiger partial charge in [0.05, 0.1) is 14.2 Å². The van der Waals surface area contributed by atoms with Crippen LogP contribution in [0.1, 0.15) is 25.7 Å². The van der Waals surface area contributed by atoms with Gasteiger partial charge in [-0.1, -0.05) is 51.6 Å². The Balaban J connectivity index is 3.23. The Kier molecular flexibility index (Phi) is 5.47. The van der Waals surface area contributed by atoms with E-state index in [1.54, 1.807) is 0 Å². The summed E-state index contributed by atoms with van der Waals surface area (Å²) in [4.78, 5) is 0. The fourth-order valence-electron chi connectivity index (χ4n) is 1.96. The van der Waals surface area contributed by atoms with Crippen LogP contribution in [0.5, 0.6) is 0 Å². The molecular formula is C16H28OSi2. The smallest absolute Gasteiger partial charge is 0.129 e. The van der Waals surface area contributed by atoms with E-state index in [4.69, 9.17) is 0 Å². The van der Waals surface area contributed by atoms with E-state index in [-0.39, 0.29) is 6.10 Å². The lowest BCUT2D eigenvalue weighted by molar-refractivity contribution is 0.179. The molecule has 1 atom stereocenters. The van der Waals surface area contributed by atoms with Crippen LogP contribution in [0.3, 0.4) is 0 Å². The van der Waals surface area contributed by atoms with Gasteiger partial charge in [0.2, 0.25) is 0 Å². The summed E-state index contributed by atoms with van der Waals surface area (Å²) < 4.78 is 0. The van der Waals surface area contributed by atoms with Crippen molar-refractivity contribution in [1.29, 1.82) is 0 Å². The van der Waals surface area contributed by atoms with Crippen LogP contribution in [-0.2, 0) is 0 Å². The first-order chi connectivity index (χ1) is 8.59. The van der Waals surface area contributed by atoms with Gasteiger partial charge in [-0.3, -0.25) is 0 Å². The van der Waals surface area contributed by atoms with Gasteiger partial charge in [-0.2, -0.15) is 0 Å². The molecule has 1 aliphatic carbocycles. The summed E-state index contributed by atoms with van der Waals surface area (Å²) >= 11 is 0. The largest absolute Gasteiger partial charge is 0.388 e. The molecule has 0 heterocycles. The van der Waals surface area contributed by atoms with Crippen molar-refractivity contribution in [2.45, 2.75) is 71.1 Å². The highest BCUT2D eigenvalue weighted by atomic mass is 28.3. The summed E-state index contributed by atoms with van der Waals surface area (Å²) in [5.41, 5.74) is 8.07. The molecule has 1 fully saturated rings. The van der Waals surface area contributed by atoms with Gasteiger partial charge in [0, 0.05) is 10.8 Å². The van der Waals surface area contributed by atoms with Crippen LogP contribution in [0.2, 0.25) is 39.3 Å². The minimum atomic E-state index is -1.48. The van der Waals surface area contributed by atoms with E-state index in [2.05, 4.69) is 56.5 Å². The maximum absolute atomic E-state index is 10.1. The van der Waals surface area contributed by atoms with Gasteiger partial charge >= 0.3 is 0 Å². The summed E-state index contributed by atoms with van der Waals surface area (Å²) in [6.07, 6.45) is 3.91. The third kappa shape index (κ3) is 5.97. The molecule has 0 aliphatic heterocycles. The first kappa shape index (κ1) is 16.5. The lowest BCUT2D eigenvalue weighted by atomic mass is 9.93. The monoisotopic (exact) mass is 292 g/mol. The van der Waals surface area contributed by atoms with Gasteiger partial charge in [0.25, 0.3) is 0 Å². The Hall–Kier alpha value is -0.526. The number of rotatable bonds is 1. The molecule has 0 aromatic heterocycles.